The van der Waals surface area contributed by atoms with Crippen molar-refractivity contribution >= 4 is 11.9 Å². The molecule has 4 nitrogen and oxygen atoms in total. The molecule has 18 heavy (non-hydrogen) atoms. The highest BCUT2D eigenvalue weighted by molar-refractivity contribution is 5.79. The van der Waals surface area contributed by atoms with Crippen LogP contribution in [-0.4, -0.2) is 11.9 Å². The van der Waals surface area contributed by atoms with E-state index in [1.165, 1.54) is 0 Å². The number of esters is 2. The molecule has 98 valence electrons. The lowest BCUT2D eigenvalue weighted by Crippen LogP contribution is -2.25. The molecule has 0 aliphatic carbocycles. The van der Waals surface area contributed by atoms with E-state index < -0.39 is 5.41 Å². The summed E-state index contributed by atoms with van der Waals surface area (Å²) in [7, 11) is 0. The molecule has 1 aromatic carbocycles. The number of hydrogen-bond donors (Lipinski definition) is 0. The van der Waals surface area contributed by atoms with Gasteiger partial charge in [0.05, 0.1) is 5.41 Å². The zero-order chi connectivity index (χ0) is 13.8. The van der Waals surface area contributed by atoms with E-state index in [9.17, 15) is 9.59 Å². The predicted octanol–water partition coefficient (Wildman–Crippen LogP) is 2.95. The molecule has 0 unspecified atom stereocenters. The summed E-state index contributed by atoms with van der Waals surface area (Å²) in [6.07, 6.45) is 0.265. The minimum absolute atomic E-state index is 0.263. The quantitative estimate of drug-likeness (QED) is 0.611. The van der Waals surface area contributed by atoms with Gasteiger partial charge < -0.3 is 9.47 Å². The third kappa shape index (κ3) is 3.87. The Balaban J connectivity index is 2.89. The molecule has 0 atom stereocenters. The lowest BCUT2D eigenvalue weighted by Gasteiger charge is -2.17. The second-order valence-corrected chi connectivity index (χ2v) is 4.91. The fourth-order valence-corrected chi connectivity index (χ4v) is 1.07. The zero-order valence-corrected chi connectivity index (χ0v) is 11.1. The van der Waals surface area contributed by atoms with E-state index in [-0.39, 0.29) is 29.9 Å². The van der Waals surface area contributed by atoms with Crippen LogP contribution in [-0.2, 0) is 9.59 Å². The summed E-state index contributed by atoms with van der Waals surface area (Å²) >= 11 is 0. The van der Waals surface area contributed by atoms with Gasteiger partial charge in [-0.25, -0.2) is 0 Å². The molecule has 0 aliphatic heterocycles. The van der Waals surface area contributed by atoms with Gasteiger partial charge in [0.25, 0.3) is 0 Å². The SMILES string of the molecule is CCC(=O)Oc1ccccc1OC(=O)C(C)(C)C. The minimum Gasteiger partial charge on any atom is -0.423 e. The lowest BCUT2D eigenvalue weighted by molar-refractivity contribution is -0.143. The van der Waals surface area contributed by atoms with Gasteiger partial charge in [-0.3, -0.25) is 9.59 Å². The van der Waals surface area contributed by atoms with Crippen LogP contribution < -0.4 is 9.47 Å². The first-order chi connectivity index (χ1) is 8.34. The third-order valence-electron chi connectivity index (χ3n) is 2.18. The van der Waals surface area contributed by atoms with Crippen LogP contribution in [0.1, 0.15) is 34.1 Å². The smallest absolute Gasteiger partial charge is 0.316 e. The first-order valence-electron chi connectivity index (χ1n) is 5.86. The molecule has 0 saturated heterocycles. The van der Waals surface area contributed by atoms with E-state index in [0.29, 0.717) is 0 Å². The van der Waals surface area contributed by atoms with Crippen LogP contribution >= 0.6 is 0 Å². The zero-order valence-electron chi connectivity index (χ0n) is 11.1. The molecule has 0 aromatic heterocycles. The molecule has 0 N–H and O–H groups in total. The van der Waals surface area contributed by atoms with E-state index >= 15 is 0 Å². The number of hydrogen-bond acceptors (Lipinski definition) is 4. The van der Waals surface area contributed by atoms with Crippen LogP contribution in [0.2, 0.25) is 0 Å². The van der Waals surface area contributed by atoms with Gasteiger partial charge in [-0.15, -0.1) is 0 Å². The molecular weight excluding hydrogens is 232 g/mol. The van der Waals surface area contributed by atoms with Crippen molar-refractivity contribution in [2.24, 2.45) is 5.41 Å². The Kier molecular flexibility index (Phi) is 4.48. The Morgan fingerprint density at radius 1 is 1.06 bits per heavy atom. The highest BCUT2D eigenvalue weighted by Gasteiger charge is 2.25. The highest BCUT2D eigenvalue weighted by Crippen LogP contribution is 2.29. The van der Waals surface area contributed by atoms with Gasteiger partial charge in [-0.1, -0.05) is 19.1 Å². The molecular formula is C14H18O4. The number of carbonyl (C=O) groups is 2. The van der Waals surface area contributed by atoms with E-state index in [2.05, 4.69) is 0 Å². The average molecular weight is 250 g/mol. The second-order valence-electron chi connectivity index (χ2n) is 4.91. The maximum atomic E-state index is 11.8. The molecule has 0 bridgehead atoms. The largest absolute Gasteiger partial charge is 0.423 e. The van der Waals surface area contributed by atoms with Crippen LogP contribution in [0.4, 0.5) is 0 Å². The predicted molar refractivity (Wildman–Crippen MR) is 67.5 cm³/mol. The maximum Gasteiger partial charge on any atom is 0.316 e. The number of para-hydroxylation sites is 2. The Morgan fingerprint density at radius 3 is 2.00 bits per heavy atom. The van der Waals surface area contributed by atoms with Crippen LogP contribution in [0.25, 0.3) is 0 Å². The number of carbonyl (C=O) groups excluding carboxylic acids is 2. The Labute approximate surface area is 107 Å². The molecule has 0 heterocycles. The van der Waals surface area contributed by atoms with Crippen LogP contribution in [0.15, 0.2) is 24.3 Å². The van der Waals surface area contributed by atoms with Crippen molar-refractivity contribution in [1.82, 2.24) is 0 Å². The first kappa shape index (κ1) is 14.2. The van der Waals surface area contributed by atoms with Crippen LogP contribution in [0, 0.1) is 5.41 Å². The molecule has 1 aromatic rings. The van der Waals surface area contributed by atoms with E-state index in [1.807, 2.05) is 0 Å². The van der Waals surface area contributed by atoms with Gasteiger partial charge in [0.15, 0.2) is 11.5 Å². The van der Waals surface area contributed by atoms with Gasteiger partial charge in [0.1, 0.15) is 0 Å². The number of rotatable bonds is 3. The molecule has 0 amide bonds. The summed E-state index contributed by atoms with van der Waals surface area (Å²) in [4.78, 5) is 23.0. The third-order valence-corrected chi connectivity index (χ3v) is 2.18. The normalized spacial score (nSPS) is 10.9. The van der Waals surface area contributed by atoms with Gasteiger partial charge in [0.2, 0.25) is 0 Å². The lowest BCUT2D eigenvalue weighted by atomic mass is 9.97. The monoisotopic (exact) mass is 250 g/mol. The summed E-state index contributed by atoms with van der Waals surface area (Å²) in [6.45, 7) is 6.98. The van der Waals surface area contributed by atoms with E-state index in [1.54, 1.807) is 52.0 Å². The standard InChI is InChI=1S/C14H18O4/c1-5-12(15)17-10-8-6-7-9-11(10)18-13(16)14(2,3)4/h6-9H,5H2,1-4H3. The molecule has 0 fully saturated rings. The summed E-state index contributed by atoms with van der Waals surface area (Å²) in [5.41, 5.74) is -0.609. The van der Waals surface area contributed by atoms with Crippen molar-refractivity contribution in [2.75, 3.05) is 0 Å². The van der Waals surface area contributed by atoms with Crippen molar-refractivity contribution < 1.29 is 19.1 Å². The van der Waals surface area contributed by atoms with Gasteiger partial charge in [-0.2, -0.15) is 0 Å². The molecule has 0 radical (unpaired) electrons. The van der Waals surface area contributed by atoms with Crippen molar-refractivity contribution in [2.45, 2.75) is 34.1 Å². The fourth-order valence-electron chi connectivity index (χ4n) is 1.07. The molecule has 0 spiro atoms. The molecule has 0 saturated carbocycles. The molecule has 0 aliphatic rings. The molecule has 1 rings (SSSR count). The van der Waals surface area contributed by atoms with Crippen molar-refractivity contribution in [3.63, 3.8) is 0 Å². The van der Waals surface area contributed by atoms with Crippen molar-refractivity contribution in [3.8, 4) is 11.5 Å². The minimum atomic E-state index is -0.609. The van der Waals surface area contributed by atoms with Gasteiger partial charge in [0, 0.05) is 6.42 Å². The summed E-state index contributed by atoms with van der Waals surface area (Å²) in [6, 6.07) is 6.63. The van der Waals surface area contributed by atoms with Crippen LogP contribution in [0.5, 0.6) is 11.5 Å². The number of benzene rings is 1. The Hall–Kier alpha value is -1.84. The summed E-state index contributed by atoms with van der Waals surface area (Å²) in [5.74, 6) is -0.210. The fraction of sp³-hybridized carbons (Fsp3) is 0.429. The van der Waals surface area contributed by atoms with E-state index in [0.717, 1.165) is 0 Å². The van der Waals surface area contributed by atoms with Gasteiger partial charge >= 0.3 is 11.9 Å². The van der Waals surface area contributed by atoms with E-state index in [4.69, 9.17) is 9.47 Å². The maximum absolute atomic E-state index is 11.8. The van der Waals surface area contributed by atoms with Gasteiger partial charge in [-0.05, 0) is 32.9 Å². The first-order valence-corrected chi connectivity index (χ1v) is 5.86. The van der Waals surface area contributed by atoms with Crippen molar-refractivity contribution in [1.29, 1.82) is 0 Å². The second kappa shape index (κ2) is 5.67. The Bertz CT molecular complexity index is 443. The highest BCUT2D eigenvalue weighted by atomic mass is 16.6. The number of ether oxygens (including phenoxy) is 2. The van der Waals surface area contributed by atoms with Crippen molar-refractivity contribution in [3.05, 3.63) is 24.3 Å². The Morgan fingerprint density at radius 2 is 1.56 bits per heavy atom. The average Bonchev–Trinajstić information content (AvgIpc) is 2.30. The topological polar surface area (TPSA) is 52.6 Å². The summed E-state index contributed by atoms with van der Waals surface area (Å²) in [5, 5.41) is 0. The van der Waals surface area contributed by atoms with Crippen LogP contribution in [0.3, 0.4) is 0 Å². The molecule has 4 heteroatoms. The summed E-state index contributed by atoms with van der Waals surface area (Å²) < 4.78 is 10.3.